The predicted octanol–water partition coefficient (Wildman–Crippen LogP) is 15.3. The van der Waals surface area contributed by atoms with Crippen LogP contribution in [0.3, 0.4) is 0 Å². The molecule has 0 radical (unpaired) electrons. The van der Waals surface area contributed by atoms with Gasteiger partial charge in [0.05, 0.1) is 5.52 Å². The van der Waals surface area contributed by atoms with Crippen LogP contribution in [0.15, 0.2) is 218 Å². The van der Waals surface area contributed by atoms with E-state index in [4.69, 9.17) is 4.98 Å². The van der Waals surface area contributed by atoms with Crippen LogP contribution in [0.1, 0.15) is 0 Å². The average Bonchev–Trinajstić information content (AvgIpc) is 3.29. The molecule has 0 saturated heterocycles. The van der Waals surface area contributed by atoms with E-state index in [1.54, 1.807) is 0 Å². The molecule has 2 nitrogen and oxygen atoms in total. The van der Waals surface area contributed by atoms with E-state index in [-0.39, 0.29) is 0 Å². The van der Waals surface area contributed by atoms with Crippen LogP contribution in [0.4, 0.5) is 17.2 Å². The number of benzene rings is 10. The lowest BCUT2D eigenvalue weighted by Gasteiger charge is -2.26. The molecule has 1 aromatic heterocycles. The first-order valence-corrected chi connectivity index (χ1v) is 19.5. The minimum Gasteiger partial charge on any atom is -0.295 e. The smallest absolute Gasteiger partial charge is 0.138 e. The van der Waals surface area contributed by atoms with Gasteiger partial charge in [0.15, 0.2) is 0 Å². The lowest BCUT2D eigenvalue weighted by atomic mass is 9.81. The summed E-state index contributed by atoms with van der Waals surface area (Å²) >= 11 is 0. The van der Waals surface area contributed by atoms with Crippen LogP contribution in [0.2, 0.25) is 0 Å². The molecular formula is C55H36N2. The van der Waals surface area contributed by atoms with E-state index in [2.05, 4.69) is 223 Å². The Kier molecular flexibility index (Phi) is 7.86. The van der Waals surface area contributed by atoms with Crippen molar-refractivity contribution < 1.29 is 0 Å². The van der Waals surface area contributed by atoms with E-state index in [0.29, 0.717) is 0 Å². The number of aromatic nitrogens is 1. The van der Waals surface area contributed by atoms with Gasteiger partial charge in [0.2, 0.25) is 0 Å². The van der Waals surface area contributed by atoms with Gasteiger partial charge < -0.3 is 0 Å². The van der Waals surface area contributed by atoms with E-state index in [0.717, 1.165) is 28.1 Å². The van der Waals surface area contributed by atoms with Crippen LogP contribution in [-0.4, -0.2) is 4.98 Å². The summed E-state index contributed by atoms with van der Waals surface area (Å²) in [6.07, 6.45) is 0. The Morgan fingerprint density at radius 1 is 0.316 bits per heavy atom. The van der Waals surface area contributed by atoms with Crippen molar-refractivity contribution in [2.24, 2.45) is 0 Å². The molecule has 0 aliphatic rings. The summed E-state index contributed by atoms with van der Waals surface area (Å²) in [7, 11) is 0. The molecule has 11 aromatic rings. The van der Waals surface area contributed by atoms with Crippen LogP contribution < -0.4 is 4.90 Å². The molecule has 0 aliphatic heterocycles. The number of rotatable bonds is 6. The van der Waals surface area contributed by atoms with Crippen LogP contribution >= 0.6 is 0 Å². The highest BCUT2D eigenvalue weighted by molar-refractivity contribution is 6.33. The molecule has 0 spiro atoms. The van der Waals surface area contributed by atoms with Crippen LogP contribution in [0.5, 0.6) is 0 Å². The number of hydrogen-bond donors (Lipinski definition) is 0. The van der Waals surface area contributed by atoms with Gasteiger partial charge in [-0.2, -0.15) is 0 Å². The summed E-state index contributed by atoms with van der Waals surface area (Å²) in [5.41, 5.74) is 10.3. The van der Waals surface area contributed by atoms with Gasteiger partial charge in [0.25, 0.3) is 0 Å². The topological polar surface area (TPSA) is 16.1 Å². The van der Waals surface area contributed by atoms with E-state index in [1.165, 1.54) is 76.5 Å². The Morgan fingerprint density at radius 3 is 1.61 bits per heavy atom. The fraction of sp³-hybridized carbons (Fsp3) is 0. The number of para-hydroxylation sites is 1. The quantitative estimate of drug-likeness (QED) is 0.159. The Hall–Kier alpha value is -7.55. The summed E-state index contributed by atoms with van der Waals surface area (Å²) in [6, 6.07) is 79.0. The first-order valence-electron chi connectivity index (χ1n) is 19.5. The molecule has 0 fully saturated rings. The van der Waals surface area contributed by atoms with Gasteiger partial charge in [-0.25, -0.2) is 4.98 Å². The van der Waals surface area contributed by atoms with Crippen LogP contribution in [-0.2, 0) is 0 Å². The monoisotopic (exact) mass is 724 g/mol. The molecular weight excluding hydrogens is 689 g/mol. The Bertz CT molecular complexity index is 3200. The van der Waals surface area contributed by atoms with Crippen LogP contribution in [0, 0.1) is 0 Å². The second kappa shape index (κ2) is 13.6. The van der Waals surface area contributed by atoms with Crippen molar-refractivity contribution in [3.8, 4) is 33.4 Å². The van der Waals surface area contributed by atoms with Crippen molar-refractivity contribution in [1.29, 1.82) is 0 Å². The second-order valence-corrected chi connectivity index (χ2v) is 14.7. The van der Waals surface area contributed by atoms with Crippen molar-refractivity contribution in [3.63, 3.8) is 0 Å². The van der Waals surface area contributed by atoms with Gasteiger partial charge in [0, 0.05) is 16.8 Å². The highest BCUT2D eigenvalue weighted by atomic mass is 15.2. The summed E-state index contributed by atoms with van der Waals surface area (Å²) in [6.45, 7) is 0. The Labute approximate surface area is 331 Å². The molecule has 0 N–H and O–H groups in total. The Balaban J connectivity index is 1.27. The zero-order chi connectivity index (χ0) is 37.7. The largest absolute Gasteiger partial charge is 0.295 e. The summed E-state index contributed by atoms with van der Waals surface area (Å²) < 4.78 is 0. The highest BCUT2D eigenvalue weighted by Crippen LogP contribution is 2.50. The molecule has 0 atom stereocenters. The molecule has 0 unspecified atom stereocenters. The van der Waals surface area contributed by atoms with Gasteiger partial charge in [-0.3, -0.25) is 4.90 Å². The zero-order valence-corrected chi connectivity index (χ0v) is 31.2. The third kappa shape index (κ3) is 5.61. The lowest BCUT2D eigenvalue weighted by molar-refractivity contribution is 1.21. The number of hydrogen-bond acceptors (Lipinski definition) is 2. The molecule has 0 bridgehead atoms. The van der Waals surface area contributed by atoms with Gasteiger partial charge in [-0.15, -0.1) is 0 Å². The molecule has 10 aromatic carbocycles. The fourth-order valence-electron chi connectivity index (χ4n) is 8.78. The molecule has 2 heteroatoms. The molecule has 57 heavy (non-hydrogen) atoms. The Morgan fingerprint density at radius 2 is 0.860 bits per heavy atom. The van der Waals surface area contributed by atoms with Crippen molar-refractivity contribution in [2.75, 3.05) is 4.90 Å². The van der Waals surface area contributed by atoms with E-state index in [1.807, 2.05) is 0 Å². The summed E-state index contributed by atoms with van der Waals surface area (Å²) in [5, 5.41) is 10.9. The normalized spacial score (nSPS) is 11.5. The molecule has 1 heterocycles. The maximum atomic E-state index is 5.27. The fourth-order valence-corrected chi connectivity index (χ4v) is 8.78. The van der Waals surface area contributed by atoms with E-state index >= 15 is 0 Å². The molecule has 0 saturated carbocycles. The highest BCUT2D eigenvalue weighted by Gasteiger charge is 2.23. The molecule has 0 amide bonds. The zero-order valence-electron chi connectivity index (χ0n) is 31.2. The lowest BCUT2D eigenvalue weighted by Crippen LogP contribution is -2.11. The molecule has 11 rings (SSSR count). The van der Waals surface area contributed by atoms with Crippen LogP contribution in [0.25, 0.3) is 87.4 Å². The second-order valence-electron chi connectivity index (χ2n) is 14.7. The van der Waals surface area contributed by atoms with E-state index < -0.39 is 0 Å². The number of fused-ring (bicyclic) bond motifs is 8. The number of pyridine rings is 1. The number of nitrogens with zero attached hydrogens (tertiary/aromatic N) is 2. The van der Waals surface area contributed by atoms with Crippen molar-refractivity contribution in [3.05, 3.63) is 218 Å². The maximum absolute atomic E-state index is 5.27. The summed E-state index contributed by atoms with van der Waals surface area (Å²) in [5.74, 6) is 0.871. The average molecular weight is 725 g/mol. The molecule has 266 valence electrons. The van der Waals surface area contributed by atoms with Crippen molar-refractivity contribution in [1.82, 2.24) is 4.98 Å². The van der Waals surface area contributed by atoms with E-state index in [9.17, 15) is 0 Å². The van der Waals surface area contributed by atoms with Gasteiger partial charge in [-0.05, 0) is 125 Å². The minimum absolute atomic E-state index is 0.871. The van der Waals surface area contributed by atoms with Gasteiger partial charge >= 0.3 is 0 Å². The first-order chi connectivity index (χ1) is 28.3. The predicted molar refractivity (Wildman–Crippen MR) is 243 cm³/mol. The maximum Gasteiger partial charge on any atom is 0.138 e. The van der Waals surface area contributed by atoms with Gasteiger partial charge in [0.1, 0.15) is 5.82 Å². The third-order valence-electron chi connectivity index (χ3n) is 11.4. The standard InChI is InChI=1S/C55H36N2/c1-4-17-38(18-5-1)48-36-49(39-19-6-2-7-20-39)54-46-26-14-13-25-45(46)50-35-44(31-32-47(50)55(54)53(48)41-22-8-3-9-23-41)57(43-30-28-37-16-10-11-24-42(37)34-43)52-33-29-40-21-12-15-27-51(40)56-52/h1-36H. The minimum atomic E-state index is 0.871. The van der Waals surface area contributed by atoms with Gasteiger partial charge in [-0.1, -0.05) is 170 Å². The number of anilines is 3. The first kappa shape index (κ1) is 32.8. The molecule has 0 aliphatic carbocycles. The van der Waals surface area contributed by atoms with Crippen molar-refractivity contribution in [2.45, 2.75) is 0 Å². The SMILES string of the molecule is c1ccc(-c2cc(-c3ccccc3)c3c4ccccc4c4cc(N(c5ccc6ccccc6c5)c5ccc6ccccc6n5)ccc4c3c2-c2ccccc2)cc1. The summed E-state index contributed by atoms with van der Waals surface area (Å²) in [4.78, 5) is 7.58. The third-order valence-corrected chi connectivity index (χ3v) is 11.4. The van der Waals surface area contributed by atoms with Crippen molar-refractivity contribution >= 4 is 71.2 Å².